The number of halogens is 1. The fraction of sp³-hybridized carbons (Fsp3) is 0.0952. The summed E-state index contributed by atoms with van der Waals surface area (Å²) < 4.78 is 19.4. The first kappa shape index (κ1) is 17.7. The van der Waals surface area contributed by atoms with E-state index in [0.29, 0.717) is 34.2 Å². The number of pyridine rings is 2. The zero-order valence-electron chi connectivity index (χ0n) is 15.4. The molecule has 4 rings (SSSR count). The summed E-state index contributed by atoms with van der Waals surface area (Å²) in [5.41, 5.74) is 10.1. The minimum atomic E-state index is -0.281. The number of ether oxygens (including phenoxy) is 1. The standard InChI is InChI=1S/C21H18FN5O/c1-12-3-4-14(9-16(12)22)21-26-18(13-5-7-24-8-6-13)19(27-21)15-10-17(28-2)20(23)25-11-15/h3-11H,1-2H3,(H2,23,25)(H,26,27). The van der Waals surface area contributed by atoms with E-state index in [2.05, 4.69) is 15.0 Å². The molecule has 3 N–H and O–H groups in total. The molecule has 28 heavy (non-hydrogen) atoms. The molecule has 3 heterocycles. The zero-order chi connectivity index (χ0) is 19.7. The van der Waals surface area contributed by atoms with Gasteiger partial charge in [-0.2, -0.15) is 0 Å². The number of nitrogens with one attached hydrogen (secondary N) is 1. The van der Waals surface area contributed by atoms with Crippen molar-refractivity contribution in [1.82, 2.24) is 19.9 Å². The molecule has 0 fully saturated rings. The average molecular weight is 375 g/mol. The number of methoxy groups -OCH3 is 1. The molecule has 0 saturated carbocycles. The van der Waals surface area contributed by atoms with Gasteiger partial charge in [-0.3, -0.25) is 4.98 Å². The highest BCUT2D eigenvalue weighted by Gasteiger charge is 2.17. The summed E-state index contributed by atoms with van der Waals surface area (Å²) in [5.74, 6) is 1.03. The van der Waals surface area contributed by atoms with Crippen LogP contribution in [0.4, 0.5) is 10.2 Å². The van der Waals surface area contributed by atoms with Gasteiger partial charge in [0.05, 0.1) is 18.5 Å². The van der Waals surface area contributed by atoms with Crippen LogP contribution in [0.25, 0.3) is 33.9 Å². The molecule has 0 aliphatic rings. The molecule has 0 amide bonds. The van der Waals surface area contributed by atoms with E-state index in [1.165, 1.54) is 13.2 Å². The quantitative estimate of drug-likeness (QED) is 0.557. The van der Waals surface area contributed by atoms with Gasteiger partial charge in [0, 0.05) is 35.3 Å². The Morgan fingerprint density at radius 3 is 2.54 bits per heavy atom. The first-order valence-electron chi connectivity index (χ1n) is 8.63. The first-order chi connectivity index (χ1) is 13.6. The summed E-state index contributed by atoms with van der Waals surface area (Å²) in [5, 5.41) is 0. The highest BCUT2D eigenvalue weighted by molar-refractivity contribution is 5.81. The Bertz CT molecular complexity index is 1140. The third kappa shape index (κ3) is 3.18. The summed E-state index contributed by atoms with van der Waals surface area (Å²) >= 11 is 0. The second-order valence-corrected chi connectivity index (χ2v) is 6.32. The molecule has 3 aromatic heterocycles. The van der Waals surface area contributed by atoms with Crippen LogP contribution in [0.1, 0.15) is 5.56 Å². The van der Waals surface area contributed by atoms with Crippen LogP contribution in [0.15, 0.2) is 55.0 Å². The number of nitrogens with two attached hydrogens (primary N) is 1. The van der Waals surface area contributed by atoms with Gasteiger partial charge in [-0.05, 0) is 36.8 Å². The predicted molar refractivity (Wildman–Crippen MR) is 106 cm³/mol. The van der Waals surface area contributed by atoms with Crippen LogP contribution in [0.3, 0.4) is 0 Å². The largest absolute Gasteiger partial charge is 0.493 e. The van der Waals surface area contributed by atoms with Crippen LogP contribution in [-0.2, 0) is 0 Å². The summed E-state index contributed by atoms with van der Waals surface area (Å²) in [6.45, 7) is 1.72. The minimum absolute atomic E-state index is 0.281. The number of rotatable bonds is 4. The van der Waals surface area contributed by atoms with E-state index in [1.54, 1.807) is 37.6 Å². The Balaban J connectivity index is 1.91. The van der Waals surface area contributed by atoms with Gasteiger partial charge in [0.1, 0.15) is 11.6 Å². The molecule has 0 saturated heterocycles. The molecule has 140 valence electrons. The lowest BCUT2D eigenvalue weighted by atomic mass is 10.1. The fourth-order valence-electron chi connectivity index (χ4n) is 2.93. The van der Waals surface area contributed by atoms with Gasteiger partial charge in [-0.25, -0.2) is 14.4 Å². The van der Waals surface area contributed by atoms with Crippen LogP contribution in [0.2, 0.25) is 0 Å². The summed E-state index contributed by atoms with van der Waals surface area (Å²) in [7, 11) is 1.53. The van der Waals surface area contributed by atoms with Gasteiger partial charge in [-0.15, -0.1) is 0 Å². The van der Waals surface area contributed by atoms with Crippen molar-refractivity contribution in [2.24, 2.45) is 0 Å². The smallest absolute Gasteiger partial charge is 0.166 e. The average Bonchev–Trinajstić information content (AvgIpc) is 3.16. The number of anilines is 1. The molecule has 0 radical (unpaired) electrons. The molecule has 4 aromatic rings. The van der Waals surface area contributed by atoms with Gasteiger partial charge in [0.2, 0.25) is 0 Å². The van der Waals surface area contributed by atoms with Gasteiger partial charge in [0.25, 0.3) is 0 Å². The zero-order valence-corrected chi connectivity index (χ0v) is 15.4. The molecule has 0 spiro atoms. The predicted octanol–water partition coefficient (Wildman–Crippen LogP) is 4.24. The number of hydrogen-bond donors (Lipinski definition) is 2. The van der Waals surface area contributed by atoms with Crippen molar-refractivity contribution < 1.29 is 9.13 Å². The van der Waals surface area contributed by atoms with Crippen LogP contribution >= 0.6 is 0 Å². The third-order valence-corrected chi connectivity index (χ3v) is 4.49. The van der Waals surface area contributed by atoms with E-state index in [0.717, 1.165) is 16.8 Å². The Labute approximate surface area is 161 Å². The van der Waals surface area contributed by atoms with Crippen LogP contribution in [-0.4, -0.2) is 27.0 Å². The van der Waals surface area contributed by atoms with E-state index in [1.807, 2.05) is 18.2 Å². The van der Waals surface area contributed by atoms with Crippen LogP contribution in [0.5, 0.6) is 5.75 Å². The van der Waals surface area contributed by atoms with Gasteiger partial charge < -0.3 is 15.5 Å². The first-order valence-corrected chi connectivity index (χ1v) is 8.63. The molecule has 0 aliphatic heterocycles. The maximum Gasteiger partial charge on any atom is 0.166 e. The van der Waals surface area contributed by atoms with E-state index in [-0.39, 0.29) is 5.82 Å². The van der Waals surface area contributed by atoms with E-state index in [9.17, 15) is 4.39 Å². The van der Waals surface area contributed by atoms with Crippen molar-refractivity contribution >= 4 is 5.82 Å². The highest BCUT2D eigenvalue weighted by Crippen LogP contribution is 2.35. The van der Waals surface area contributed by atoms with Crippen molar-refractivity contribution in [2.45, 2.75) is 6.92 Å². The summed E-state index contributed by atoms with van der Waals surface area (Å²) in [6, 6.07) is 10.6. The van der Waals surface area contributed by atoms with Crippen molar-refractivity contribution in [2.75, 3.05) is 12.8 Å². The van der Waals surface area contributed by atoms with E-state index in [4.69, 9.17) is 15.5 Å². The van der Waals surface area contributed by atoms with Crippen molar-refractivity contribution in [1.29, 1.82) is 0 Å². The molecule has 7 heteroatoms. The number of aromatic amines is 1. The lowest BCUT2D eigenvalue weighted by Crippen LogP contribution is -1.96. The number of H-pyrrole nitrogens is 1. The van der Waals surface area contributed by atoms with Gasteiger partial charge >= 0.3 is 0 Å². The Kier molecular flexibility index (Phi) is 4.49. The number of nitrogens with zero attached hydrogens (tertiary/aromatic N) is 3. The minimum Gasteiger partial charge on any atom is -0.493 e. The third-order valence-electron chi connectivity index (χ3n) is 4.49. The molecule has 0 atom stereocenters. The van der Waals surface area contributed by atoms with Crippen LogP contribution in [0, 0.1) is 12.7 Å². The monoisotopic (exact) mass is 375 g/mol. The number of nitrogen functional groups attached to an aromatic ring is 1. The molecule has 6 nitrogen and oxygen atoms in total. The molecule has 0 unspecified atom stereocenters. The molecule has 1 aromatic carbocycles. The number of benzene rings is 1. The van der Waals surface area contributed by atoms with Gasteiger partial charge in [0.15, 0.2) is 11.6 Å². The second kappa shape index (κ2) is 7.11. The Morgan fingerprint density at radius 1 is 1.04 bits per heavy atom. The molecule has 0 aliphatic carbocycles. The lowest BCUT2D eigenvalue weighted by Gasteiger charge is -2.07. The number of imidazole rings is 1. The maximum absolute atomic E-state index is 14.1. The van der Waals surface area contributed by atoms with Crippen molar-refractivity contribution in [3.05, 3.63) is 66.4 Å². The SMILES string of the molecule is COc1cc(-c2nc(-c3ccc(C)c(F)c3)[nH]c2-c2ccncc2)cnc1N. The normalized spacial score (nSPS) is 10.8. The van der Waals surface area contributed by atoms with E-state index < -0.39 is 0 Å². The van der Waals surface area contributed by atoms with E-state index >= 15 is 0 Å². The van der Waals surface area contributed by atoms with Gasteiger partial charge in [-0.1, -0.05) is 12.1 Å². The Hall–Kier alpha value is -3.74. The highest BCUT2D eigenvalue weighted by atomic mass is 19.1. The fourth-order valence-corrected chi connectivity index (χ4v) is 2.93. The summed E-state index contributed by atoms with van der Waals surface area (Å²) in [6.07, 6.45) is 5.04. The Morgan fingerprint density at radius 2 is 1.82 bits per heavy atom. The summed E-state index contributed by atoms with van der Waals surface area (Å²) in [4.78, 5) is 16.3. The lowest BCUT2D eigenvalue weighted by molar-refractivity contribution is 0.415. The van der Waals surface area contributed by atoms with Crippen molar-refractivity contribution in [3.8, 4) is 39.7 Å². The second-order valence-electron chi connectivity index (χ2n) is 6.32. The maximum atomic E-state index is 14.1. The number of hydrogen-bond acceptors (Lipinski definition) is 5. The van der Waals surface area contributed by atoms with Crippen molar-refractivity contribution in [3.63, 3.8) is 0 Å². The number of aryl methyl sites for hydroxylation is 1. The number of aromatic nitrogens is 4. The molecular formula is C21H18FN5O. The molecule has 0 bridgehead atoms. The topological polar surface area (TPSA) is 89.7 Å². The van der Waals surface area contributed by atoms with Crippen LogP contribution < -0.4 is 10.5 Å². The molecular weight excluding hydrogens is 357 g/mol.